The average molecular weight is 524 g/mol. The van der Waals surface area contributed by atoms with Crippen LogP contribution >= 0.6 is 11.3 Å². The van der Waals surface area contributed by atoms with Gasteiger partial charge in [0.1, 0.15) is 27.5 Å². The van der Waals surface area contributed by atoms with Gasteiger partial charge in [0.05, 0.1) is 30.5 Å². The molecule has 3 aliphatic heterocycles. The number of nitrogens with zero attached hydrogens (tertiary/aromatic N) is 4. The van der Waals surface area contributed by atoms with E-state index >= 15 is 0 Å². The molecule has 36 heavy (non-hydrogen) atoms. The van der Waals surface area contributed by atoms with Crippen LogP contribution in [-0.2, 0) is 34.0 Å². The highest BCUT2D eigenvalue weighted by atomic mass is 32.2. The van der Waals surface area contributed by atoms with Gasteiger partial charge in [-0.05, 0) is 54.5 Å². The van der Waals surface area contributed by atoms with E-state index in [0.29, 0.717) is 32.5 Å². The molecule has 4 aliphatic rings. The van der Waals surface area contributed by atoms with Crippen molar-refractivity contribution in [2.45, 2.75) is 37.0 Å². The largest absolute Gasteiger partial charge is 0.495 e. The maximum absolute atomic E-state index is 13.2. The Balaban J connectivity index is 1.15. The molecule has 0 bridgehead atoms. The first-order valence-electron chi connectivity index (χ1n) is 12.1. The van der Waals surface area contributed by atoms with Crippen LogP contribution in [0.3, 0.4) is 0 Å². The molecule has 1 amide bonds. The number of aliphatic imine (C=N–C) groups is 1. The minimum absolute atomic E-state index is 0.0832. The lowest BCUT2D eigenvalue weighted by Crippen LogP contribution is -2.73. The summed E-state index contributed by atoms with van der Waals surface area (Å²) < 4.78 is 29.2. The predicted octanol–water partition coefficient (Wildman–Crippen LogP) is 2.88. The zero-order valence-corrected chi connectivity index (χ0v) is 21.4. The molecule has 11 heteroatoms. The van der Waals surface area contributed by atoms with Crippen molar-refractivity contribution >= 4 is 55.0 Å². The van der Waals surface area contributed by atoms with Crippen molar-refractivity contribution in [3.63, 3.8) is 0 Å². The van der Waals surface area contributed by atoms with Crippen molar-refractivity contribution in [3.8, 4) is 5.75 Å². The number of carbonyl (C=O) groups excluding carboxylic acids is 1. The average Bonchev–Trinajstić information content (AvgIpc) is 3.45. The summed E-state index contributed by atoms with van der Waals surface area (Å²) >= 11 is 1.62. The molecule has 1 atom stereocenters. The number of methoxy groups -OCH3 is 1. The fraction of sp³-hybridized carbons (Fsp3) is 0.440. The summed E-state index contributed by atoms with van der Waals surface area (Å²) in [6.45, 7) is 1.38. The Morgan fingerprint density at radius 2 is 2.14 bits per heavy atom. The highest BCUT2D eigenvalue weighted by molar-refractivity contribution is 7.94. The number of sulfone groups is 1. The van der Waals surface area contributed by atoms with Crippen LogP contribution < -0.4 is 10.1 Å². The maximum Gasteiger partial charge on any atom is 0.226 e. The van der Waals surface area contributed by atoms with Gasteiger partial charge in [0.25, 0.3) is 0 Å². The summed E-state index contributed by atoms with van der Waals surface area (Å²) in [4.78, 5) is 30.4. The summed E-state index contributed by atoms with van der Waals surface area (Å²) in [5.41, 5.74) is 4.23. The molecule has 186 valence electrons. The number of carbonyl (C=O) groups is 1. The van der Waals surface area contributed by atoms with Crippen molar-refractivity contribution in [1.29, 1.82) is 0 Å². The molecule has 9 nitrogen and oxygen atoms in total. The number of rotatable bonds is 4. The quantitative estimate of drug-likeness (QED) is 0.559. The van der Waals surface area contributed by atoms with E-state index in [0.717, 1.165) is 56.3 Å². The van der Waals surface area contributed by atoms with Gasteiger partial charge in [-0.1, -0.05) is 0 Å². The summed E-state index contributed by atoms with van der Waals surface area (Å²) in [5.74, 6) is 1.69. The van der Waals surface area contributed by atoms with Crippen molar-refractivity contribution < 1.29 is 17.9 Å². The van der Waals surface area contributed by atoms with Crippen LogP contribution in [0, 0.1) is 5.92 Å². The molecular weight excluding hydrogens is 498 g/mol. The van der Waals surface area contributed by atoms with Crippen molar-refractivity contribution in [1.82, 2.24) is 14.9 Å². The van der Waals surface area contributed by atoms with Crippen LogP contribution in [0.5, 0.6) is 5.75 Å². The van der Waals surface area contributed by atoms with E-state index in [1.165, 1.54) is 5.56 Å². The lowest BCUT2D eigenvalue weighted by molar-refractivity contribution is -0.141. The van der Waals surface area contributed by atoms with Gasteiger partial charge in [-0.3, -0.25) is 9.79 Å². The third-order valence-corrected chi connectivity index (χ3v) is 11.8. The minimum Gasteiger partial charge on any atom is -0.495 e. The number of aromatic nitrogens is 2. The number of hydrogen-bond donors (Lipinski definition) is 1. The molecular formula is C25H25N5O4S2. The number of nitrogens with one attached hydrogen (secondary N) is 1. The Kier molecular flexibility index (Phi) is 4.76. The Bertz CT molecular complexity index is 1570. The van der Waals surface area contributed by atoms with Crippen molar-refractivity contribution in [2.75, 3.05) is 31.3 Å². The molecule has 5 heterocycles. The maximum atomic E-state index is 13.2. The Hall–Kier alpha value is -3.05. The molecule has 2 saturated heterocycles. The van der Waals surface area contributed by atoms with Gasteiger partial charge in [0, 0.05) is 30.1 Å². The first-order chi connectivity index (χ1) is 17.4. The molecule has 2 fully saturated rings. The first-order valence-corrected chi connectivity index (χ1v) is 14.6. The second-order valence-electron chi connectivity index (χ2n) is 10.1. The first kappa shape index (κ1) is 22.2. The Morgan fingerprint density at radius 3 is 2.89 bits per heavy atom. The molecule has 0 radical (unpaired) electrons. The monoisotopic (exact) mass is 523 g/mol. The number of anilines is 2. The fourth-order valence-electron chi connectivity index (χ4n) is 5.92. The number of thiophene rings is 1. The van der Waals surface area contributed by atoms with E-state index in [2.05, 4.69) is 20.3 Å². The van der Waals surface area contributed by atoms with Crippen molar-refractivity contribution in [2.24, 2.45) is 10.9 Å². The molecule has 2 aromatic heterocycles. The van der Waals surface area contributed by atoms with Crippen LogP contribution in [0.1, 0.15) is 34.4 Å². The molecule has 0 saturated carbocycles. The van der Waals surface area contributed by atoms with Gasteiger partial charge in [-0.15, -0.1) is 11.3 Å². The number of likely N-dealkylation sites (tertiary alicyclic amines) is 1. The molecule has 1 unspecified atom stereocenters. The second-order valence-corrected chi connectivity index (χ2v) is 13.7. The van der Waals surface area contributed by atoms with E-state index < -0.39 is 14.6 Å². The highest BCUT2D eigenvalue weighted by Gasteiger charge is 2.61. The third-order valence-electron chi connectivity index (χ3n) is 8.16. The van der Waals surface area contributed by atoms with Gasteiger partial charge in [0.2, 0.25) is 5.91 Å². The van der Waals surface area contributed by atoms with Gasteiger partial charge in [-0.25, -0.2) is 18.4 Å². The van der Waals surface area contributed by atoms with E-state index in [1.54, 1.807) is 29.7 Å². The topological polar surface area (TPSA) is 114 Å². The molecule has 1 N–H and O–H groups in total. The van der Waals surface area contributed by atoms with Crippen LogP contribution in [0.4, 0.5) is 11.5 Å². The lowest BCUT2D eigenvalue weighted by atomic mass is 9.85. The second kappa shape index (κ2) is 7.72. The summed E-state index contributed by atoms with van der Waals surface area (Å²) in [6, 6.07) is 4.05. The minimum atomic E-state index is -3.02. The van der Waals surface area contributed by atoms with E-state index in [4.69, 9.17) is 4.74 Å². The Labute approximate surface area is 212 Å². The van der Waals surface area contributed by atoms with Gasteiger partial charge >= 0.3 is 0 Å². The number of fused-ring (bicyclic) bond motifs is 4. The fourth-order valence-corrected chi connectivity index (χ4v) is 9.01. The van der Waals surface area contributed by atoms with Gasteiger partial charge in [0.15, 0.2) is 9.84 Å². The van der Waals surface area contributed by atoms with Crippen molar-refractivity contribution in [3.05, 3.63) is 40.0 Å². The van der Waals surface area contributed by atoms with Crippen LogP contribution in [0.2, 0.25) is 0 Å². The van der Waals surface area contributed by atoms with E-state index in [9.17, 15) is 13.2 Å². The number of hydrogen-bond acceptors (Lipinski definition) is 9. The Morgan fingerprint density at radius 1 is 1.28 bits per heavy atom. The van der Waals surface area contributed by atoms with E-state index in [-0.39, 0.29) is 17.6 Å². The van der Waals surface area contributed by atoms with Gasteiger partial charge in [-0.2, -0.15) is 0 Å². The normalized spacial score (nSPS) is 22.6. The van der Waals surface area contributed by atoms with Crippen LogP contribution in [0.25, 0.3) is 10.2 Å². The smallest absolute Gasteiger partial charge is 0.226 e. The number of ether oxygens (including phenoxy) is 1. The molecule has 1 aliphatic carbocycles. The number of aryl methyl sites for hydroxylation is 1. The molecule has 7 rings (SSSR count). The zero-order chi connectivity index (χ0) is 24.7. The lowest BCUT2D eigenvalue weighted by Gasteiger charge is -2.55. The molecule has 3 aromatic rings. The van der Waals surface area contributed by atoms with Gasteiger partial charge < -0.3 is 15.0 Å². The van der Waals surface area contributed by atoms with Crippen LogP contribution in [0.15, 0.2) is 23.5 Å². The molecule has 1 aromatic carbocycles. The number of benzene rings is 1. The summed E-state index contributed by atoms with van der Waals surface area (Å²) in [5, 5.41) is 4.47. The highest BCUT2D eigenvalue weighted by Crippen LogP contribution is 2.45. The third kappa shape index (κ3) is 3.15. The SMILES string of the molecule is COc1cc2c(cc1Nc1ncnc3sc4c(c13)CCC(C(=O)N1CC3(CCS3(=O)=O)C1)C4)C=NC2. The number of amides is 1. The predicted molar refractivity (Wildman–Crippen MR) is 138 cm³/mol. The van der Waals surface area contributed by atoms with E-state index in [1.807, 2.05) is 18.3 Å². The summed E-state index contributed by atoms with van der Waals surface area (Å²) in [7, 11) is -1.36. The zero-order valence-electron chi connectivity index (χ0n) is 19.8. The summed E-state index contributed by atoms with van der Waals surface area (Å²) in [6.07, 6.45) is 6.28. The van der Waals surface area contributed by atoms with Crippen LogP contribution in [-0.4, -0.2) is 66.1 Å². The standard InChI is InChI=1S/C25H25N5O4S2/c1-34-19-7-16-10-26-9-15(16)6-18(19)29-22-21-17-3-2-14(8-20(17)35-23(21)28-13-27-22)24(31)30-11-25(12-30)4-5-36(25,32)33/h6-7,9,13-14H,2-5,8,10-12H2,1H3,(H,27,28,29). The molecule has 1 spiro atoms.